The summed E-state index contributed by atoms with van der Waals surface area (Å²) in [6, 6.07) is 8.92. The second-order valence-corrected chi connectivity index (χ2v) is 8.76. The number of halogens is 1. The molecule has 4 rings (SSSR count). The summed E-state index contributed by atoms with van der Waals surface area (Å²) in [4.78, 5) is 40.9. The summed E-state index contributed by atoms with van der Waals surface area (Å²) in [5, 5.41) is 0.606. The van der Waals surface area contributed by atoms with Gasteiger partial charge in [0, 0.05) is 61.6 Å². The lowest BCUT2D eigenvalue weighted by Crippen LogP contribution is -2.53. The highest BCUT2D eigenvalue weighted by atomic mass is 35.5. The maximum absolute atomic E-state index is 13.2. The van der Waals surface area contributed by atoms with Crippen LogP contribution in [0.25, 0.3) is 0 Å². The van der Waals surface area contributed by atoms with Gasteiger partial charge in [0.25, 0.3) is 5.91 Å². The quantitative estimate of drug-likeness (QED) is 0.732. The van der Waals surface area contributed by atoms with Crippen LogP contribution in [0.15, 0.2) is 30.3 Å². The van der Waals surface area contributed by atoms with Gasteiger partial charge in [-0.05, 0) is 51.0 Å². The third-order valence-electron chi connectivity index (χ3n) is 6.02. The number of aryl methyl sites for hydroxylation is 2. The summed E-state index contributed by atoms with van der Waals surface area (Å²) in [5.41, 5.74) is 1.57. The summed E-state index contributed by atoms with van der Waals surface area (Å²) in [7, 11) is 0. The highest BCUT2D eigenvalue weighted by Gasteiger charge is 2.33. The Morgan fingerprint density at radius 2 is 1.68 bits per heavy atom. The van der Waals surface area contributed by atoms with Crippen molar-refractivity contribution in [1.29, 1.82) is 0 Å². The van der Waals surface area contributed by atoms with Gasteiger partial charge in [0.2, 0.25) is 5.91 Å². The number of carbonyl (C=O) groups excluding carboxylic acids is 2. The first-order valence-corrected chi connectivity index (χ1v) is 11.2. The van der Waals surface area contributed by atoms with Crippen LogP contribution in [0, 0.1) is 19.8 Å². The molecule has 0 radical (unpaired) electrons. The number of aromatic nitrogens is 2. The first-order valence-electron chi connectivity index (χ1n) is 10.8. The Hall–Kier alpha value is -2.67. The summed E-state index contributed by atoms with van der Waals surface area (Å²) < 4.78 is 0. The van der Waals surface area contributed by atoms with Crippen molar-refractivity contribution in [3.63, 3.8) is 0 Å². The maximum Gasteiger partial charge on any atom is 0.253 e. The van der Waals surface area contributed by atoms with E-state index in [1.165, 1.54) is 0 Å². The molecule has 164 valence electrons. The van der Waals surface area contributed by atoms with Crippen molar-refractivity contribution >= 4 is 29.2 Å². The van der Waals surface area contributed by atoms with Gasteiger partial charge in [-0.15, -0.1) is 0 Å². The van der Waals surface area contributed by atoms with Crippen molar-refractivity contribution in [2.45, 2.75) is 26.7 Å². The molecule has 0 bridgehead atoms. The molecule has 2 saturated heterocycles. The Morgan fingerprint density at radius 3 is 2.35 bits per heavy atom. The van der Waals surface area contributed by atoms with Gasteiger partial charge in [0.15, 0.2) is 0 Å². The fourth-order valence-corrected chi connectivity index (χ4v) is 4.54. The number of benzene rings is 1. The zero-order chi connectivity index (χ0) is 22.0. The van der Waals surface area contributed by atoms with Gasteiger partial charge in [0.1, 0.15) is 11.6 Å². The number of anilines is 1. The van der Waals surface area contributed by atoms with Crippen molar-refractivity contribution in [1.82, 2.24) is 19.8 Å². The van der Waals surface area contributed by atoms with E-state index in [2.05, 4.69) is 14.9 Å². The van der Waals surface area contributed by atoms with Gasteiger partial charge in [-0.2, -0.15) is 0 Å². The molecule has 1 aromatic heterocycles. The monoisotopic (exact) mass is 441 g/mol. The molecular formula is C23H28ClN5O2. The lowest BCUT2D eigenvalue weighted by molar-refractivity contribution is -0.137. The molecule has 0 saturated carbocycles. The molecular weight excluding hydrogens is 414 g/mol. The molecule has 2 amide bonds. The molecule has 2 aromatic rings. The number of rotatable bonds is 3. The minimum Gasteiger partial charge on any atom is -0.353 e. The van der Waals surface area contributed by atoms with E-state index in [4.69, 9.17) is 11.6 Å². The predicted molar refractivity (Wildman–Crippen MR) is 120 cm³/mol. The number of piperidine rings is 1. The minimum atomic E-state index is -0.139. The van der Waals surface area contributed by atoms with Crippen LogP contribution in [0.2, 0.25) is 5.02 Å². The van der Waals surface area contributed by atoms with Crippen molar-refractivity contribution < 1.29 is 9.59 Å². The number of amides is 2. The number of carbonyl (C=O) groups is 2. The molecule has 0 N–H and O–H groups in total. The molecule has 31 heavy (non-hydrogen) atoms. The Balaban J connectivity index is 1.35. The third kappa shape index (κ3) is 4.98. The molecule has 1 aromatic carbocycles. The fourth-order valence-electron chi connectivity index (χ4n) is 4.41. The van der Waals surface area contributed by atoms with Crippen LogP contribution >= 0.6 is 11.6 Å². The zero-order valence-corrected chi connectivity index (χ0v) is 18.8. The lowest BCUT2D eigenvalue weighted by Gasteiger charge is -2.39. The molecule has 2 fully saturated rings. The Bertz CT molecular complexity index is 937. The van der Waals surface area contributed by atoms with Gasteiger partial charge in [-0.3, -0.25) is 9.59 Å². The average molecular weight is 442 g/mol. The second kappa shape index (κ2) is 9.22. The number of piperazine rings is 1. The van der Waals surface area contributed by atoms with E-state index in [-0.39, 0.29) is 17.7 Å². The van der Waals surface area contributed by atoms with Crippen LogP contribution in [0.5, 0.6) is 0 Å². The minimum absolute atomic E-state index is 0.0338. The fraction of sp³-hybridized carbons (Fsp3) is 0.478. The molecule has 2 aliphatic heterocycles. The molecule has 2 aliphatic rings. The molecule has 8 heteroatoms. The zero-order valence-electron chi connectivity index (χ0n) is 18.1. The van der Waals surface area contributed by atoms with E-state index >= 15 is 0 Å². The first-order chi connectivity index (χ1) is 14.9. The molecule has 7 nitrogen and oxygen atoms in total. The Morgan fingerprint density at radius 1 is 0.968 bits per heavy atom. The van der Waals surface area contributed by atoms with Crippen molar-refractivity contribution in [2.24, 2.45) is 5.92 Å². The molecule has 0 aliphatic carbocycles. The van der Waals surface area contributed by atoms with Crippen LogP contribution < -0.4 is 4.90 Å². The van der Waals surface area contributed by atoms with Crippen molar-refractivity contribution in [2.75, 3.05) is 44.2 Å². The molecule has 1 atom stereocenters. The summed E-state index contributed by atoms with van der Waals surface area (Å²) in [6.07, 6.45) is 1.67. The van der Waals surface area contributed by atoms with Gasteiger partial charge in [0.05, 0.1) is 5.92 Å². The van der Waals surface area contributed by atoms with Crippen molar-refractivity contribution in [3.05, 3.63) is 52.4 Å². The Kier molecular flexibility index (Phi) is 6.41. The van der Waals surface area contributed by atoms with Gasteiger partial charge >= 0.3 is 0 Å². The van der Waals surface area contributed by atoms with Crippen LogP contribution in [0.4, 0.5) is 5.82 Å². The largest absolute Gasteiger partial charge is 0.353 e. The first kappa shape index (κ1) is 21.6. The predicted octanol–water partition coefficient (Wildman–Crippen LogP) is 2.95. The smallest absolute Gasteiger partial charge is 0.253 e. The van der Waals surface area contributed by atoms with E-state index in [0.717, 1.165) is 43.3 Å². The molecule has 0 spiro atoms. The van der Waals surface area contributed by atoms with E-state index in [1.54, 1.807) is 29.2 Å². The summed E-state index contributed by atoms with van der Waals surface area (Å²) in [6.45, 7) is 7.87. The summed E-state index contributed by atoms with van der Waals surface area (Å²) >= 11 is 5.93. The summed E-state index contributed by atoms with van der Waals surface area (Å²) in [5.74, 6) is 1.67. The average Bonchev–Trinajstić information content (AvgIpc) is 2.78. The van der Waals surface area contributed by atoms with E-state index in [0.29, 0.717) is 36.8 Å². The molecule has 3 heterocycles. The van der Waals surface area contributed by atoms with Gasteiger partial charge < -0.3 is 14.7 Å². The van der Waals surface area contributed by atoms with Gasteiger partial charge in [-0.1, -0.05) is 11.6 Å². The number of nitrogens with zero attached hydrogens (tertiary/aromatic N) is 5. The van der Waals surface area contributed by atoms with Gasteiger partial charge in [-0.25, -0.2) is 9.97 Å². The van der Waals surface area contributed by atoms with Crippen LogP contribution in [-0.2, 0) is 4.79 Å². The Labute approximate surface area is 188 Å². The SMILES string of the molecule is Cc1cc(N2CCN(C(=O)C3CCCN(C(=O)c4ccc(Cl)cc4)C3)CC2)nc(C)n1. The topological polar surface area (TPSA) is 69.6 Å². The second-order valence-electron chi connectivity index (χ2n) is 8.32. The number of likely N-dealkylation sites (tertiary alicyclic amines) is 1. The highest BCUT2D eigenvalue weighted by molar-refractivity contribution is 6.30. The van der Waals surface area contributed by atoms with Crippen molar-refractivity contribution in [3.8, 4) is 0 Å². The lowest BCUT2D eigenvalue weighted by atomic mass is 9.95. The normalized spacial score (nSPS) is 19.5. The van der Waals surface area contributed by atoms with Crippen LogP contribution in [0.3, 0.4) is 0 Å². The van der Waals surface area contributed by atoms with Crippen LogP contribution in [0.1, 0.15) is 34.7 Å². The maximum atomic E-state index is 13.2. The number of hydrogen-bond acceptors (Lipinski definition) is 5. The van der Waals surface area contributed by atoms with E-state index in [1.807, 2.05) is 24.8 Å². The standard InChI is InChI=1S/C23H28ClN5O2/c1-16-14-21(26-17(2)25-16)27-10-12-28(13-11-27)23(31)19-4-3-9-29(15-19)22(30)18-5-7-20(24)8-6-18/h5-8,14,19H,3-4,9-13,15H2,1-2H3. The highest BCUT2D eigenvalue weighted by Crippen LogP contribution is 2.23. The van der Waals surface area contributed by atoms with E-state index < -0.39 is 0 Å². The number of hydrogen-bond donors (Lipinski definition) is 0. The third-order valence-corrected chi connectivity index (χ3v) is 6.27. The van der Waals surface area contributed by atoms with E-state index in [9.17, 15) is 9.59 Å². The van der Waals surface area contributed by atoms with Crippen LogP contribution in [-0.4, -0.2) is 70.9 Å². The molecule has 1 unspecified atom stereocenters.